The minimum Gasteiger partial charge on any atom is -0.494 e. The van der Waals surface area contributed by atoms with E-state index in [9.17, 15) is 22.8 Å². The van der Waals surface area contributed by atoms with Crippen molar-refractivity contribution in [3.05, 3.63) is 65.7 Å². The number of alkyl halides is 3. The van der Waals surface area contributed by atoms with E-state index in [2.05, 4.69) is 0 Å². The van der Waals surface area contributed by atoms with Crippen molar-refractivity contribution in [2.45, 2.75) is 19.0 Å². The van der Waals surface area contributed by atoms with Gasteiger partial charge in [-0.25, -0.2) is 9.59 Å². The van der Waals surface area contributed by atoms with Gasteiger partial charge in [0.1, 0.15) is 11.5 Å². The Morgan fingerprint density at radius 1 is 0.964 bits per heavy atom. The molecule has 0 heterocycles. The van der Waals surface area contributed by atoms with Crippen LogP contribution in [-0.2, 0) is 4.79 Å². The molecule has 8 heteroatoms. The van der Waals surface area contributed by atoms with Gasteiger partial charge in [-0.1, -0.05) is 12.1 Å². The lowest BCUT2D eigenvalue weighted by atomic mass is 10.1. The van der Waals surface area contributed by atoms with E-state index in [1.165, 1.54) is 42.5 Å². The van der Waals surface area contributed by atoms with Crippen LogP contribution in [0.2, 0.25) is 0 Å². The van der Waals surface area contributed by atoms with E-state index >= 15 is 0 Å². The van der Waals surface area contributed by atoms with E-state index in [0.29, 0.717) is 11.3 Å². The number of carbonyl (C=O) groups excluding carboxylic acids is 1. The first-order valence-electron chi connectivity index (χ1n) is 8.26. The first kappa shape index (κ1) is 21.0. The molecule has 0 amide bonds. The highest BCUT2D eigenvalue weighted by molar-refractivity contribution is 5.91. The lowest BCUT2D eigenvalue weighted by Crippen LogP contribution is -2.10. The summed E-state index contributed by atoms with van der Waals surface area (Å²) < 4.78 is 46.6. The van der Waals surface area contributed by atoms with Gasteiger partial charge < -0.3 is 14.6 Å². The fourth-order valence-electron chi connectivity index (χ4n) is 2.13. The van der Waals surface area contributed by atoms with Gasteiger partial charge in [0.05, 0.1) is 12.2 Å². The molecule has 0 aromatic heterocycles. The van der Waals surface area contributed by atoms with E-state index in [-0.39, 0.29) is 24.3 Å². The minimum atomic E-state index is -4.20. The summed E-state index contributed by atoms with van der Waals surface area (Å²) in [5, 5.41) is 8.58. The topological polar surface area (TPSA) is 72.8 Å². The number of benzene rings is 2. The number of hydrogen-bond donors (Lipinski definition) is 1. The van der Waals surface area contributed by atoms with Gasteiger partial charge in [0.2, 0.25) is 0 Å². The Morgan fingerprint density at radius 3 is 2.14 bits per heavy atom. The zero-order valence-electron chi connectivity index (χ0n) is 14.6. The molecule has 0 bridgehead atoms. The summed E-state index contributed by atoms with van der Waals surface area (Å²) in [6.07, 6.45) is -2.87. The molecule has 0 aliphatic rings. The average Bonchev–Trinajstić information content (AvgIpc) is 2.64. The van der Waals surface area contributed by atoms with Gasteiger partial charge in [-0.3, -0.25) is 0 Å². The Bertz CT molecular complexity index is 824. The first-order valence-corrected chi connectivity index (χ1v) is 8.26. The van der Waals surface area contributed by atoms with Crippen LogP contribution >= 0.6 is 0 Å². The lowest BCUT2D eigenvalue weighted by molar-refractivity contribution is -0.136. The van der Waals surface area contributed by atoms with E-state index in [1.807, 2.05) is 0 Å². The number of esters is 1. The quantitative estimate of drug-likeness (QED) is 0.303. The summed E-state index contributed by atoms with van der Waals surface area (Å²) in [5.74, 6) is -1.05. The van der Waals surface area contributed by atoms with Gasteiger partial charge in [-0.05, 0) is 54.5 Å². The molecule has 0 aliphatic heterocycles. The highest BCUT2D eigenvalue weighted by Gasteiger charge is 2.26. The molecular weight excluding hydrogens is 377 g/mol. The van der Waals surface area contributed by atoms with Crippen molar-refractivity contribution in [1.82, 2.24) is 0 Å². The third-order valence-electron chi connectivity index (χ3n) is 3.47. The number of rotatable bonds is 8. The van der Waals surface area contributed by atoms with Crippen LogP contribution in [0.25, 0.3) is 6.08 Å². The molecule has 0 spiro atoms. The molecule has 2 aromatic carbocycles. The number of carbonyl (C=O) groups is 2. The predicted molar refractivity (Wildman–Crippen MR) is 95.3 cm³/mol. The van der Waals surface area contributed by atoms with Gasteiger partial charge >= 0.3 is 18.1 Å². The first-order chi connectivity index (χ1) is 13.2. The summed E-state index contributed by atoms with van der Waals surface area (Å²) in [7, 11) is 0. The van der Waals surface area contributed by atoms with E-state index in [0.717, 1.165) is 6.08 Å². The van der Waals surface area contributed by atoms with Crippen LogP contribution in [0.15, 0.2) is 54.6 Å². The van der Waals surface area contributed by atoms with Gasteiger partial charge in [-0.15, -0.1) is 0 Å². The molecule has 0 atom stereocenters. The Balaban J connectivity index is 1.86. The van der Waals surface area contributed by atoms with Crippen LogP contribution in [-0.4, -0.2) is 29.8 Å². The molecule has 0 fully saturated rings. The van der Waals surface area contributed by atoms with Crippen molar-refractivity contribution in [2.24, 2.45) is 0 Å². The second-order valence-electron chi connectivity index (χ2n) is 5.72. The maximum atomic E-state index is 12.1. The van der Waals surface area contributed by atoms with Crippen LogP contribution in [0.5, 0.6) is 11.5 Å². The third kappa shape index (κ3) is 7.53. The zero-order chi connectivity index (χ0) is 20.6. The number of hydrogen-bond acceptors (Lipinski definition) is 4. The molecule has 28 heavy (non-hydrogen) atoms. The standard InChI is InChI=1S/C20H17F3O5/c21-20(22,23)12-1-13-27-16-7-9-17(10-8-16)28-19(26)15-5-2-14(3-6-15)4-11-18(24)25/h2-11H,1,12-13H2,(H,24,25). The highest BCUT2D eigenvalue weighted by Crippen LogP contribution is 2.22. The lowest BCUT2D eigenvalue weighted by Gasteiger charge is -2.09. The predicted octanol–water partition coefficient (Wildman–Crippen LogP) is 4.72. The van der Waals surface area contributed by atoms with Crippen molar-refractivity contribution >= 4 is 18.0 Å². The molecular formula is C20H17F3O5. The molecule has 2 aromatic rings. The fraction of sp³-hybridized carbons (Fsp3) is 0.200. The second-order valence-corrected chi connectivity index (χ2v) is 5.72. The third-order valence-corrected chi connectivity index (χ3v) is 3.47. The molecule has 0 saturated carbocycles. The number of carboxylic acid groups (broad SMARTS) is 1. The summed E-state index contributed by atoms with van der Waals surface area (Å²) in [4.78, 5) is 22.6. The van der Waals surface area contributed by atoms with Gasteiger partial charge in [0.25, 0.3) is 0 Å². The van der Waals surface area contributed by atoms with Crippen LogP contribution < -0.4 is 9.47 Å². The number of carboxylic acids is 1. The maximum absolute atomic E-state index is 12.1. The maximum Gasteiger partial charge on any atom is 0.389 e. The van der Waals surface area contributed by atoms with Crippen molar-refractivity contribution in [1.29, 1.82) is 0 Å². The van der Waals surface area contributed by atoms with Gasteiger partial charge in [0, 0.05) is 12.5 Å². The van der Waals surface area contributed by atoms with Crippen molar-refractivity contribution < 1.29 is 37.3 Å². The van der Waals surface area contributed by atoms with Crippen molar-refractivity contribution in [3.63, 3.8) is 0 Å². The average molecular weight is 394 g/mol. The van der Waals surface area contributed by atoms with E-state index in [1.54, 1.807) is 12.1 Å². The minimum absolute atomic E-state index is 0.0681. The smallest absolute Gasteiger partial charge is 0.389 e. The second kappa shape index (κ2) is 9.59. The summed E-state index contributed by atoms with van der Waals surface area (Å²) in [6, 6.07) is 12.1. The van der Waals surface area contributed by atoms with Gasteiger partial charge in [-0.2, -0.15) is 13.2 Å². The summed E-state index contributed by atoms with van der Waals surface area (Å²) in [6.45, 7) is -0.0681. The summed E-state index contributed by atoms with van der Waals surface area (Å²) >= 11 is 0. The van der Waals surface area contributed by atoms with Crippen LogP contribution in [0.4, 0.5) is 13.2 Å². The Morgan fingerprint density at radius 2 is 1.57 bits per heavy atom. The molecule has 2 rings (SSSR count). The Kier molecular flexibility index (Phi) is 7.20. The van der Waals surface area contributed by atoms with Crippen LogP contribution in [0.1, 0.15) is 28.8 Å². The van der Waals surface area contributed by atoms with Crippen molar-refractivity contribution in [3.8, 4) is 11.5 Å². The van der Waals surface area contributed by atoms with Crippen LogP contribution in [0.3, 0.4) is 0 Å². The number of aliphatic carboxylic acids is 1. The molecule has 148 valence electrons. The molecule has 0 aliphatic carbocycles. The monoisotopic (exact) mass is 394 g/mol. The molecule has 5 nitrogen and oxygen atoms in total. The zero-order valence-corrected chi connectivity index (χ0v) is 14.6. The van der Waals surface area contributed by atoms with Crippen molar-refractivity contribution in [2.75, 3.05) is 6.61 Å². The largest absolute Gasteiger partial charge is 0.494 e. The Labute approximate surface area is 159 Å². The van der Waals surface area contributed by atoms with E-state index < -0.39 is 24.5 Å². The molecule has 0 unspecified atom stereocenters. The van der Waals surface area contributed by atoms with Crippen LogP contribution in [0, 0.1) is 0 Å². The fourth-order valence-corrected chi connectivity index (χ4v) is 2.13. The highest BCUT2D eigenvalue weighted by atomic mass is 19.4. The molecule has 1 N–H and O–H groups in total. The molecule has 0 radical (unpaired) electrons. The summed E-state index contributed by atoms with van der Waals surface area (Å²) in [5.41, 5.74) is 0.894. The normalized spacial score (nSPS) is 11.4. The van der Waals surface area contributed by atoms with Gasteiger partial charge in [0.15, 0.2) is 0 Å². The SMILES string of the molecule is O=C(O)C=Cc1ccc(C(=O)Oc2ccc(OCCCC(F)(F)F)cc2)cc1. The number of halogens is 3. The molecule has 0 saturated heterocycles. The van der Waals surface area contributed by atoms with E-state index in [4.69, 9.17) is 14.6 Å². The Hall–Kier alpha value is -3.29. The number of ether oxygens (including phenoxy) is 2.